The summed E-state index contributed by atoms with van der Waals surface area (Å²) in [6.07, 6.45) is 5.98. The van der Waals surface area contributed by atoms with Crippen molar-refractivity contribution in [1.82, 2.24) is 9.78 Å². The number of carbonyl (C=O) groups is 3. The minimum Gasteiger partial charge on any atom is -0.768 e. The first-order valence-electron chi connectivity index (χ1n) is 14.5. The molecular formula is C29H22K4N4O17S4. The van der Waals surface area contributed by atoms with Gasteiger partial charge in [-0.2, -0.15) is 28.6 Å². The summed E-state index contributed by atoms with van der Waals surface area (Å²) in [5, 5.41) is 46.7. The van der Waals surface area contributed by atoms with Crippen LogP contribution in [0.3, 0.4) is 0 Å². The summed E-state index contributed by atoms with van der Waals surface area (Å²) in [6, 6.07) is 6.41. The minimum atomic E-state index is -5.22. The van der Waals surface area contributed by atoms with E-state index >= 15 is 0 Å². The van der Waals surface area contributed by atoms with Crippen LogP contribution in [0.4, 0.5) is 5.69 Å². The molecule has 2 heterocycles. The fraction of sp³-hybridized carbons (Fsp3) is 0.138. The van der Waals surface area contributed by atoms with Crippen molar-refractivity contribution in [3.8, 4) is 11.6 Å². The number of ether oxygens (including phenoxy) is 2. The third kappa shape index (κ3) is 16.0. The van der Waals surface area contributed by atoms with Gasteiger partial charge in [-0.25, -0.2) is 18.0 Å². The van der Waals surface area contributed by atoms with Crippen molar-refractivity contribution in [2.75, 3.05) is 18.2 Å². The molecule has 21 nitrogen and oxygen atoms in total. The number of hydrogen-bond donors (Lipinski definition) is 1. The molecule has 1 unspecified atom stereocenters. The monoisotopic (exact) mass is 982 g/mol. The molecular weight excluding hydrogens is 961 g/mol. The Hall–Kier alpha value is 1.78. The van der Waals surface area contributed by atoms with Gasteiger partial charge < -0.3 is 34.2 Å². The average molecular weight is 983 g/mol. The topological polar surface area (TPSA) is 304 Å². The molecule has 3 aromatic rings. The Labute approximate surface area is 510 Å². The van der Waals surface area contributed by atoms with Crippen molar-refractivity contribution in [2.24, 2.45) is 5.10 Å². The Morgan fingerprint density at radius 1 is 0.897 bits per heavy atom. The average Bonchev–Trinajstić information content (AvgIpc) is 3.64. The van der Waals surface area contributed by atoms with E-state index in [-0.39, 0.29) is 245 Å². The van der Waals surface area contributed by atoms with E-state index in [4.69, 9.17) is 9.47 Å². The second-order valence-electron chi connectivity index (χ2n) is 9.72. The SMILES string of the molecule is CCOC(=O)C1=NN(c2cc(SOO[O-])ccc2S(=O)(=O)[O-])C(=O)/C1=C\C=CC=Cc1c(C(=O)OCC)nn(-c2cc(SOO[O-])ccc2S(=O)[O-])c1O.[K+].[K+].[K+].[K+]. The molecule has 0 spiro atoms. The molecule has 0 saturated heterocycles. The number of allylic oxidation sites excluding steroid dienone is 4. The normalized spacial score (nSPS) is 13.7. The molecule has 1 N–H and O–H groups in total. The first-order chi connectivity index (χ1) is 25.8. The number of esters is 2. The van der Waals surface area contributed by atoms with Crippen molar-refractivity contribution in [1.29, 1.82) is 0 Å². The Balaban J connectivity index is 0.00000812. The van der Waals surface area contributed by atoms with Gasteiger partial charge in [0.15, 0.2) is 11.4 Å². The zero-order valence-corrected chi connectivity index (χ0v) is 46.9. The molecule has 1 amide bonds. The zero-order valence-electron chi connectivity index (χ0n) is 31.2. The van der Waals surface area contributed by atoms with E-state index in [9.17, 15) is 51.7 Å². The van der Waals surface area contributed by atoms with Crippen LogP contribution in [-0.4, -0.2) is 73.4 Å². The number of anilines is 1. The van der Waals surface area contributed by atoms with Crippen LogP contribution in [0.1, 0.15) is 29.9 Å². The molecule has 4 rings (SSSR count). The minimum absolute atomic E-state index is 0. The molecule has 0 radical (unpaired) electrons. The predicted octanol–water partition coefficient (Wildman–Crippen LogP) is -11.2. The Morgan fingerprint density at radius 3 is 2.02 bits per heavy atom. The van der Waals surface area contributed by atoms with Crippen LogP contribution in [0.5, 0.6) is 5.88 Å². The van der Waals surface area contributed by atoms with Crippen molar-refractivity contribution >= 4 is 80.6 Å². The van der Waals surface area contributed by atoms with Gasteiger partial charge in [-0.1, -0.05) is 18.2 Å². The largest absolute Gasteiger partial charge is 1.00 e. The first-order valence-corrected chi connectivity index (χ1v) is 18.5. The summed E-state index contributed by atoms with van der Waals surface area (Å²) in [5.41, 5.74) is -2.56. The predicted molar refractivity (Wildman–Crippen MR) is 177 cm³/mol. The van der Waals surface area contributed by atoms with Crippen LogP contribution >= 0.6 is 24.1 Å². The van der Waals surface area contributed by atoms with Gasteiger partial charge in [-0.05, 0) is 73.5 Å². The third-order valence-corrected chi connectivity index (χ3v) is 9.27. The van der Waals surface area contributed by atoms with Gasteiger partial charge in [0.05, 0.1) is 69.6 Å². The van der Waals surface area contributed by atoms with Gasteiger partial charge in [0.1, 0.15) is 10.1 Å². The second kappa shape index (κ2) is 29.3. The maximum Gasteiger partial charge on any atom is 1.00 e. The Morgan fingerprint density at radius 2 is 1.47 bits per heavy atom. The van der Waals surface area contributed by atoms with E-state index < -0.39 is 72.5 Å². The molecule has 0 bridgehead atoms. The number of amides is 1. The fourth-order valence-electron chi connectivity index (χ4n) is 4.43. The van der Waals surface area contributed by atoms with E-state index in [1.165, 1.54) is 50.3 Å². The molecule has 1 aliphatic rings. The molecule has 0 aliphatic carbocycles. The number of hydrazone groups is 1. The molecule has 1 atom stereocenters. The molecule has 0 fully saturated rings. The third-order valence-electron chi connectivity index (χ3n) is 6.54. The summed E-state index contributed by atoms with van der Waals surface area (Å²) in [7, 11) is -5.22. The van der Waals surface area contributed by atoms with Gasteiger partial charge in [-0.3, -0.25) is 19.1 Å². The molecule has 58 heavy (non-hydrogen) atoms. The van der Waals surface area contributed by atoms with E-state index in [1.807, 2.05) is 0 Å². The van der Waals surface area contributed by atoms with Crippen LogP contribution in [0.25, 0.3) is 11.8 Å². The number of nitrogens with zero attached hydrogens (tertiary/aromatic N) is 4. The molecule has 1 aromatic heterocycles. The van der Waals surface area contributed by atoms with Gasteiger partial charge in [0.2, 0.25) is 5.88 Å². The second-order valence-corrected chi connectivity index (χ2v) is 13.5. The van der Waals surface area contributed by atoms with Gasteiger partial charge in [-0.15, -0.1) is 0 Å². The fourth-order valence-corrected chi connectivity index (χ4v) is 6.34. The first kappa shape index (κ1) is 59.8. The number of aromatic hydroxyl groups is 1. The van der Waals surface area contributed by atoms with Gasteiger partial charge >= 0.3 is 217 Å². The number of carbonyl (C=O) groups excluding carboxylic acids is 3. The van der Waals surface area contributed by atoms with Crippen LogP contribution in [0.15, 0.2) is 91.0 Å². The van der Waals surface area contributed by atoms with Crippen LogP contribution in [-0.2, 0) is 59.0 Å². The molecule has 29 heteroatoms. The summed E-state index contributed by atoms with van der Waals surface area (Å²) in [5.74, 6) is -3.90. The van der Waals surface area contributed by atoms with Crippen molar-refractivity contribution in [3.63, 3.8) is 0 Å². The maximum absolute atomic E-state index is 13.5. The van der Waals surface area contributed by atoms with Gasteiger partial charge in [0.25, 0.3) is 5.91 Å². The summed E-state index contributed by atoms with van der Waals surface area (Å²) in [4.78, 5) is 38.0. The van der Waals surface area contributed by atoms with E-state index in [0.29, 0.717) is 29.1 Å². The molecule has 0 saturated carbocycles. The summed E-state index contributed by atoms with van der Waals surface area (Å²) >= 11 is -2.15. The standard InChI is InChI=1S/C29H26N4O17S4.4K/c1-3-45-28(36)24-18(26(34)32(30-24)20-14-16(51-49-47-38)10-12-22(20)53(40)41)8-6-5-7-9-19-25(29(37)46-4-2)31-33(27(19)35)21-15-17(52-50-48-39)11-13-23(21)54(42,43)44;;;;/h5-15,34,38-39H,3-4H2,1-2H3,(H,40,41)(H,42,43,44);;;;/q;4*+1/p-4/b7-5?,8-6?,19-9-;;;;. The number of aromatic nitrogens is 2. The van der Waals surface area contributed by atoms with E-state index in [2.05, 4.69) is 28.9 Å². The van der Waals surface area contributed by atoms with Gasteiger partial charge in [0, 0.05) is 9.79 Å². The van der Waals surface area contributed by atoms with E-state index in [0.717, 1.165) is 35.0 Å². The molecule has 1 aliphatic heterocycles. The van der Waals surface area contributed by atoms with Crippen LogP contribution in [0.2, 0.25) is 0 Å². The van der Waals surface area contributed by atoms with Crippen LogP contribution < -0.4 is 221 Å². The van der Waals surface area contributed by atoms with Crippen molar-refractivity contribution in [3.05, 3.63) is 77.5 Å². The van der Waals surface area contributed by atoms with E-state index in [1.54, 1.807) is 0 Å². The molecule has 2 aromatic carbocycles. The number of benzene rings is 2. The smallest absolute Gasteiger partial charge is 0.768 e. The zero-order chi connectivity index (χ0) is 39.6. The van der Waals surface area contributed by atoms with Crippen molar-refractivity contribution < 1.29 is 285 Å². The Kier molecular flexibility index (Phi) is 30.2. The quantitative estimate of drug-likeness (QED) is 0.0151. The maximum atomic E-state index is 13.5. The van der Waals surface area contributed by atoms with Crippen molar-refractivity contribution in [2.45, 2.75) is 33.4 Å². The van der Waals surface area contributed by atoms with Crippen LogP contribution in [0, 0.1) is 0 Å². The Bertz CT molecular complexity index is 2200. The number of hydrogen-bond acceptors (Lipinski definition) is 21. The summed E-state index contributed by atoms with van der Waals surface area (Å²) in [6.45, 7) is 2.74. The summed E-state index contributed by atoms with van der Waals surface area (Å²) < 4.78 is 79.2. The number of rotatable bonds is 17. The molecule has 288 valence electrons.